The molecule has 10 nitrogen and oxygen atoms in total. The highest BCUT2D eigenvalue weighted by Crippen LogP contribution is 2.38. The monoisotopic (exact) mass is 563 g/mol. The largest absolute Gasteiger partial charge is 0.469 e. The molecule has 1 N–H and O–H groups in total. The van der Waals surface area contributed by atoms with Gasteiger partial charge < -0.3 is 14.8 Å². The molecule has 0 aliphatic carbocycles. The third kappa shape index (κ3) is 5.78. The molecule has 4 rings (SSSR count). The van der Waals surface area contributed by atoms with Gasteiger partial charge in [-0.15, -0.1) is 11.3 Å². The van der Waals surface area contributed by atoms with Crippen LogP contribution >= 0.6 is 11.3 Å². The summed E-state index contributed by atoms with van der Waals surface area (Å²) >= 11 is 1.38. The molecule has 12 heteroatoms. The van der Waals surface area contributed by atoms with Gasteiger partial charge in [-0.05, 0) is 62.1 Å². The molecule has 0 bridgehead atoms. The van der Waals surface area contributed by atoms with Gasteiger partial charge in [0.15, 0.2) is 0 Å². The molecule has 1 aromatic heterocycles. The zero-order chi connectivity index (χ0) is 27.4. The van der Waals surface area contributed by atoms with Crippen molar-refractivity contribution in [3.8, 4) is 0 Å². The van der Waals surface area contributed by atoms with Gasteiger partial charge in [-0.1, -0.05) is 6.92 Å². The Balaban J connectivity index is 1.48. The van der Waals surface area contributed by atoms with Crippen LogP contribution in [-0.4, -0.2) is 75.9 Å². The van der Waals surface area contributed by atoms with Gasteiger partial charge in [0.2, 0.25) is 10.0 Å². The van der Waals surface area contributed by atoms with E-state index >= 15 is 0 Å². The number of sulfonamides is 1. The number of carbonyl (C=O) groups is 3. The van der Waals surface area contributed by atoms with Gasteiger partial charge in [0.1, 0.15) is 5.00 Å². The van der Waals surface area contributed by atoms with Crippen molar-refractivity contribution < 1.29 is 32.3 Å². The lowest BCUT2D eigenvalue weighted by Gasteiger charge is -2.29. The summed E-state index contributed by atoms with van der Waals surface area (Å²) in [5, 5.41) is 3.29. The van der Waals surface area contributed by atoms with Crippen LogP contribution in [0.15, 0.2) is 29.2 Å². The molecule has 2 aliphatic rings. The molecule has 1 fully saturated rings. The number of benzene rings is 1. The Morgan fingerprint density at radius 1 is 1.05 bits per heavy atom. The number of amides is 1. The van der Waals surface area contributed by atoms with Crippen molar-refractivity contribution in [2.24, 2.45) is 5.92 Å². The fraction of sp³-hybridized carbons (Fsp3) is 0.500. The molecule has 1 aromatic carbocycles. The summed E-state index contributed by atoms with van der Waals surface area (Å²) in [7, 11) is -1.12. The fourth-order valence-corrected chi connectivity index (χ4v) is 7.71. The van der Waals surface area contributed by atoms with E-state index in [2.05, 4.69) is 17.1 Å². The minimum absolute atomic E-state index is 0.0726. The normalized spacial score (nSPS) is 17.0. The number of rotatable bonds is 8. The average Bonchev–Trinajstić information content (AvgIpc) is 3.29. The summed E-state index contributed by atoms with van der Waals surface area (Å²) in [4.78, 5) is 40.9. The second kappa shape index (κ2) is 11.9. The van der Waals surface area contributed by atoms with E-state index in [1.807, 2.05) is 0 Å². The Kier molecular flexibility index (Phi) is 8.86. The molecule has 38 heavy (non-hydrogen) atoms. The molecule has 0 saturated carbocycles. The number of piperidine rings is 1. The van der Waals surface area contributed by atoms with Crippen molar-refractivity contribution in [1.82, 2.24) is 9.21 Å². The number of anilines is 1. The number of nitrogens with zero attached hydrogens (tertiary/aromatic N) is 2. The van der Waals surface area contributed by atoms with Gasteiger partial charge in [0.25, 0.3) is 5.91 Å². The molecule has 1 amide bonds. The van der Waals surface area contributed by atoms with Gasteiger partial charge in [0.05, 0.1) is 30.6 Å². The van der Waals surface area contributed by atoms with E-state index in [9.17, 15) is 22.8 Å². The quantitative estimate of drug-likeness (QED) is 0.486. The van der Waals surface area contributed by atoms with E-state index in [1.165, 1.54) is 54.1 Å². The number of thiophene rings is 1. The predicted molar refractivity (Wildman–Crippen MR) is 143 cm³/mol. The van der Waals surface area contributed by atoms with E-state index in [0.29, 0.717) is 29.8 Å². The molecule has 0 unspecified atom stereocenters. The second-order valence-electron chi connectivity index (χ2n) is 9.41. The van der Waals surface area contributed by atoms with E-state index in [1.54, 1.807) is 0 Å². The van der Waals surface area contributed by atoms with Crippen LogP contribution in [-0.2, 0) is 37.3 Å². The van der Waals surface area contributed by atoms with Crippen molar-refractivity contribution >= 4 is 44.2 Å². The first-order valence-electron chi connectivity index (χ1n) is 12.6. The van der Waals surface area contributed by atoms with Crippen LogP contribution in [0.3, 0.4) is 0 Å². The fourth-order valence-electron chi connectivity index (χ4n) is 4.97. The Morgan fingerprint density at radius 3 is 2.34 bits per heavy atom. The number of carbonyl (C=O) groups excluding carboxylic acids is 3. The molecular formula is C26H33N3O7S2. The van der Waals surface area contributed by atoms with Crippen LogP contribution in [0.5, 0.6) is 0 Å². The van der Waals surface area contributed by atoms with Crippen molar-refractivity contribution in [2.75, 3.05) is 45.7 Å². The van der Waals surface area contributed by atoms with Crippen LogP contribution in [0.1, 0.15) is 57.3 Å². The Hall–Kier alpha value is -2.80. The van der Waals surface area contributed by atoms with E-state index < -0.39 is 21.9 Å². The lowest BCUT2D eigenvalue weighted by atomic mass is 9.99. The van der Waals surface area contributed by atoms with Crippen LogP contribution < -0.4 is 5.32 Å². The van der Waals surface area contributed by atoms with Crippen molar-refractivity contribution in [3.05, 3.63) is 45.8 Å². The van der Waals surface area contributed by atoms with Gasteiger partial charge in [-0.3, -0.25) is 14.5 Å². The maximum atomic E-state index is 13.1. The maximum absolute atomic E-state index is 13.1. The second-order valence-corrected chi connectivity index (χ2v) is 12.4. The third-order valence-corrected chi connectivity index (χ3v) is 10.1. The van der Waals surface area contributed by atoms with E-state index in [0.717, 1.165) is 36.5 Å². The summed E-state index contributed by atoms with van der Waals surface area (Å²) in [6, 6.07) is 5.72. The van der Waals surface area contributed by atoms with E-state index in [4.69, 9.17) is 9.47 Å². The average molecular weight is 564 g/mol. The molecule has 0 spiro atoms. The van der Waals surface area contributed by atoms with Gasteiger partial charge in [-0.2, -0.15) is 4.31 Å². The summed E-state index contributed by atoms with van der Waals surface area (Å²) in [6.45, 7) is 5.09. The first-order chi connectivity index (χ1) is 18.2. The number of ether oxygens (including phenoxy) is 2. The SMILES string of the molecule is CCCN1CCc2c(sc(NC(=O)c3ccc(S(=O)(=O)N4CCC(C(=O)OC)CC4)cc3)c2C(=O)OC)C1. The number of methoxy groups -OCH3 is 2. The summed E-state index contributed by atoms with van der Waals surface area (Å²) in [5.41, 5.74) is 1.58. The number of hydrogen-bond donors (Lipinski definition) is 1. The number of hydrogen-bond acceptors (Lipinski definition) is 9. The Labute approximate surface area is 226 Å². The standard InChI is InChI=1S/C26H33N3O7S2/c1-4-12-28-13-11-20-21(16-28)37-24(22(20)26(32)36-3)27-23(30)17-5-7-19(8-6-17)38(33,34)29-14-9-18(10-15-29)25(31)35-2/h5-8,18H,4,9-16H2,1-3H3,(H,27,30). The van der Waals surface area contributed by atoms with Gasteiger partial charge in [0, 0.05) is 36.6 Å². The molecule has 206 valence electrons. The molecule has 2 aromatic rings. The Bertz CT molecular complexity index is 1300. The molecular weight excluding hydrogens is 530 g/mol. The first-order valence-corrected chi connectivity index (χ1v) is 14.9. The van der Waals surface area contributed by atoms with E-state index in [-0.39, 0.29) is 35.4 Å². The molecule has 0 atom stereocenters. The Morgan fingerprint density at radius 2 is 1.74 bits per heavy atom. The first kappa shape index (κ1) is 28.2. The number of esters is 2. The molecule has 3 heterocycles. The lowest BCUT2D eigenvalue weighted by molar-refractivity contribution is -0.146. The topological polar surface area (TPSA) is 122 Å². The highest BCUT2D eigenvalue weighted by molar-refractivity contribution is 7.89. The zero-order valence-corrected chi connectivity index (χ0v) is 23.5. The minimum Gasteiger partial charge on any atom is -0.469 e. The molecule has 2 aliphatic heterocycles. The van der Waals surface area contributed by atoms with Crippen molar-refractivity contribution in [2.45, 2.75) is 44.0 Å². The van der Waals surface area contributed by atoms with Gasteiger partial charge >= 0.3 is 11.9 Å². The molecule has 0 radical (unpaired) electrons. The summed E-state index contributed by atoms with van der Waals surface area (Å²) in [6.07, 6.45) is 2.53. The summed E-state index contributed by atoms with van der Waals surface area (Å²) < 4.78 is 37.3. The highest BCUT2D eigenvalue weighted by Gasteiger charge is 2.33. The highest BCUT2D eigenvalue weighted by atomic mass is 32.2. The predicted octanol–water partition coefficient (Wildman–Crippen LogP) is 3.13. The minimum atomic E-state index is -3.77. The number of fused-ring (bicyclic) bond motifs is 1. The van der Waals surface area contributed by atoms with Crippen LogP contribution in [0.2, 0.25) is 0 Å². The smallest absolute Gasteiger partial charge is 0.341 e. The number of nitrogens with one attached hydrogen (secondary N) is 1. The lowest BCUT2D eigenvalue weighted by Crippen LogP contribution is -2.40. The third-order valence-electron chi connectivity index (χ3n) is 7.04. The zero-order valence-electron chi connectivity index (χ0n) is 21.8. The van der Waals surface area contributed by atoms with Crippen LogP contribution in [0.4, 0.5) is 5.00 Å². The van der Waals surface area contributed by atoms with Gasteiger partial charge in [-0.25, -0.2) is 13.2 Å². The van der Waals surface area contributed by atoms with Crippen molar-refractivity contribution in [1.29, 1.82) is 0 Å². The van der Waals surface area contributed by atoms with Crippen molar-refractivity contribution in [3.63, 3.8) is 0 Å². The maximum Gasteiger partial charge on any atom is 0.341 e. The van der Waals surface area contributed by atoms with Crippen LogP contribution in [0, 0.1) is 5.92 Å². The summed E-state index contributed by atoms with van der Waals surface area (Å²) in [5.74, 6) is -1.55. The molecule has 1 saturated heterocycles. The van der Waals surface area contributed by atoms with Crippen LogP contribution in [0.25, 0.3) is 0 Å².